The molecule has 0 heterocycles. The third kappa shape index (κ3) is 4.97. The molecule has 2 aliphatic carbocycles. The van der Waals surface area contributed by atoms with Crippen LogP contribution in [0.3, 0.4) is 0 Å². The van der Waals surface area contributed by atoms with Crippen molar-refractivity contribution in [2.75, 3.05) is 33.8 Å². The highest BCUT2D eigenvalue weighted by molar-refractivity contribution is 5.86. The molecule has 0 aliphatic heterocycles. The number of halogens is 2. The number of hydrogen-bond acceptors (Lipinski definition) is 5. The van der Waals surface area contributed by atoms with Crippen LogP contribution in [0.1, 0.15) is 17.0 Å². The number of benzene rings is 2. The molecule has 10 heteroatoms. The second-order valence-corrected chi connectivity index (χ2v) is 9.13. The van der Waals surface area contributed by atoms with Crippen LogP contribution in [0.4, 0.5) is 13.6 Å². The lowest BCUT2D eigenvalue weighted by Crippen LogP contribution is -2.52. The number of likely N-dealkylation sites (N-methyl/N-ethyl adjacent to an activating group) is 1. The topological polar surface area (TPSA) is 108 Å². The third-order valence-corrected chi connectivity index (χ3v) is 6.46. The van der Waals surface area contributed by atoms with Gasteiger partial charge in [0.25, 0.3) is 5.92 Å². The Bertz CT molecular complexity index is 1090. The van der Waals surface area contributed by atoms with Crippen LogP contribution < -0.4 is 10.6 Å². The minimum atomic E-state index is -3.36. The summed E-state index contributed by atoms with van der Waals surface area (Å²) >= 11 is 0. The van der Waals surface area contributed by atoms with Crippen LogP contribution in [0.15, 0.2) is 48.5 Å². The zero-order valence-corrected chi connectivity index (χ0v) is 19.3. The number of carboxylic acids is 1. The smallest absolute Gasteiger partial charge is 0.407 e. The van der Waals surface area contributed by atoms with Gasteiger partial charge in [-0.05, 0) is 36.3 Å². The predicted molar refractivity (Wildman–Crippen MR) is 123 cm³/mol. The van der Waals surface area contributed by atoms with Gasteiger partial charge in [-0.2, -0.15) is 0 Å². The number of alkyl halides is 2. The third-order valence-electron chi connectivity index (χ3n) is 6.46. The van der Waals surface area contributed by atoms with Crippen LogP contribution in [0.25, 0.3) is 11.1 Å². The lowest BCUT2D eigenvalue weighted by Gasteiger charge is -2.22. The van der Waals surface area contributed by atoms with E-state index in [2.05, 4.69) is 10.6 Å². The zero-order chi connectivity index (χ0) is 25.3. The predicted octanol–water partition coefficient (Wildman–Crippen LogP) is 2.54. The molecule has 1 fully saturated rings. The Morgan fingerprint density at radius 1 is 1.06 bits per heavy atom. The summed E-state index contributed by atoms with van der Waals surface area (Å²) in [4.78, 5) is 37.8. The summed E-state index contributed by atoms with van der Waals surface area (Å²) in [6, 6.07) is 14.7. The monoisotopic (exact) mass is 487 g/mol. The first-order valence-electron chi connectivity index (χ1n) is 11.3. The Morgan fingerprint density at radius 3 is 2.14 bits per heavy atom. The van der Waals surface area contributed by atoms with Crippen LogP contribution in [-0.2, 0) is 14.3 Å². The number of amides is 2. The van der Waals surface area contributed by atoms with Crippen LogP contribution in [-0.4, -0.2) is 73.7 Å². The summed E-state index contributed by atoms with van der Waals surface area (Å²) in [7, 11) is 3.38. The molecule has 0 spiro atoms. The molecule has 0 saturated heterocycles. The van der Waals surface area contributed by atoms with Crippen molar-refractivity contribution < 1.29 is 33.0 Å². The van der Waals surface area contributed by atoms with Crippen molar-refractivity contribution >= 4 is 18.0 Å². The van der Waals surface area contributed by atoms with Gasteiger partial charge in [-0.15, -0.1) is 0 Å². The number of aliphatic carboxylic acids is 1. The van der Waals surface area contributed by atoms with Crippen molar-refractivity contribution in [1.82, 2.24) is 15.5 Å². The van der Waals surface area contributed by atoms with Crippen LogP contribution >= 0.6 is 0 Å². The minimum Gasteiger partial charge on any atom is -0.481 e. The van der Waals surface area contributed by atoms with E-state index in [0.29, 0.717) is 0 Å². The number of carbonyl (C=O) groups excluding carboxylic acids is 2. The Kier molecular flexibility index (Phi) is 6.75. The first-order valence-corrected chi connectivity index (χ1v) is 11.3. The van der Waals surface area contributed by atoms with Gasteiger partial charge >= 0.3 is 12.1 Å². The SMILES string of the molecule is CN(C)CC(NC(=O)OCC1c2ccccc2-c2ccccc21)C(=O)NC[C@@H]1[C@H](C(=O)O)C1(F)F. The molecule has 3 N–H and O–H groups in total. The second-order valence-electron chi connectivity index (χ2n) is 9.13. The van der Waals surface area contributed by atoms with Crippen molar-refractivity contribution in [2.45, 2.75) is 17.9 Å². The fraction of sp³-hybridized carbons (Fsp3) is 0.400. The van der Waals surface area contributed by atoms with E-state index in [1.807, 2.05) is 48.5 Å². The number of carbonyl (C=O) groups is 3. The minimum absolute atomic E-state index is 0.0603. The number of hydrogen-bond donors (Lipinski definition) is 3. The van der Waals surface area contributed by atoms with Gasteiger partial charge < -0.3 is 25.4 Å². The molecule has 3 atom stereocenters. The normalized spacial score (nSPS) is 20.5. The molecule has 1 unspecified atom stereocenters. The van der Waals surface area contributed by atoms with Crippen molar-refractivity contribution in [3.8, 4) is 11.1 Å². The van der Waals surface area contributed by atoms with E-state index in [1.165, 1.54) is 0 Å². The lowest BCUT2D eigenvalue weighted by molar-refractivity contribution is -0.141. The molecule has 4 rings (SSSR count). The molecule has 186 valence electrons. The van der Waals surface area contributed by atoms with E-state index < -0.39 is 48.3 Å². The molecule has 1 saturated carbocycles. The quantitative estimate of drug-likeness (QED) is 0.502. The van der Waals surface area contributed by atoms with Gasteiger partial charge in [0.05, 0.1) is 5.92 Å². The lowest BCUT2D eigenvalue weighted by atomic mass is 9.98. The largest absolute Gasteiger partial charge is 0.481 e. The maximum absolute atomic E-state index is 13.6. The molecule has 2 aromatic rings. The molecule has 0 bridgehead atoms. The first kappa shape index (κ1) is 24.6. The van der Waals surface area contributed by atoms with E-state index in [-0.39, 0.29) is 19.1 Å². The highest BCUT2D eigenvalue weighted by atomic mass is 19.3. The first-order chi connectivity index (χ1) is 16.6. The molecule has 8 nitrogen and oxygen atoms in total. The Morgan fingerprint density at radius 2 is 1.63 bits per heavy atom. The van der Waals surface area contributed by atoms with E-state index in [0.717, 1.165) is 22.3 Å². The second kappa shape index (κ2) is 9.61. The molecular formula is C25H27F2N3O5. The van der Waals surface area contributed by atoms with Gasteiger partial charge in [0, 0.05) is 19.0 Å². The Hall–Kier alpha value is -3.53. The average Bonchev–Trinajstić information content (AvgIpc) is 3.22. The van der Waals surface area contributed by atoms with Gasteiger partial charge in [-0.1, -0.05) is 48.5 Å². The number of nitrogens with one attached hydrogen (secondary N) is 2. The standard InChI is InChI=1S/C25H27F2N3O5/c1-30(2)12-20(22(31)28-11-19-21(23(32)33)25(19,26)27)29-24(34)35-13-18-16-9-5-3-7-14(16)15-8-4-6-10-17(15)18/h3-10,18-21H,11-13H2,1-2H3,(H,28,31)(H,29,34)(H,32,33)/t19-,20?,21-/m1/s1. The number of nitrogens with zero attached hydrogens (tertiary/aromatic N) is 1. The van der Waals surface area contributed by atoms with Crippen molar-refractivity contribution in [2.24, 2.45) is 11.8 Å². The Labute approximate surface area is 201 Å². The van der Waals surface area contributed by atoms with Crippen LogP contribution in [0, 0.1) is 11.8 Å². The van der Waals surface area contributed by atoms with Gasteiger partial charge in [-0.25, -0.2) is 13.6 Å². The number of carboxylic acid groups (broad SMARTS) is 1. The molecule has 0 radical (unpaired) electrons. The maximum atomic E-state index is 13.6. The molecule has 2 aromatic carbocycles. The highest BCUT2D eigenvalue weighted by Gasteiger charge is 2.72. The molecule has 2 aliphatic rings. The Balaban J connectivity index is 1.36. The van der Waals surface area contributed by atoms with E-state index in [9.17, 15) is 23.2 Å². The number of ether oxygens (including phenoxy) is 1. The molecular weight excluding hydrogens is 460 g/mol. The molecule has 35 heavy (non-hydrogen) atoms. The molecule has 2 amide bonds. The van der Waals surface area contributed by atoms with Crippen molar-refractivity contribution in [3.05, 3.63) is 59.7 Å². The summed E-state index contributed by atoms with van der Waals surface area (Å²) in [6.07, 6.45) is -0.811. The van der Waals surface area contributed by atoms with E-state index >= 15 is 0 Å². The average molecular weight is 488 g/mol. The number of fused-ring (bicyclic) bond motifs is 3. The number of rotatable bonds is 9. The maximum Gasteiger partial charge on any atom is 0.407 e. The fourth-order valence-electron chi connectivity index (χ4n) is 4.66. The van der Waals surface area contributed by atoms with Gasteiger partial charge in [0.2, 0.25) is 5.91 Å². The fourth-order valence-corrected chi connectivity index (χ4v) is 4.66. The van der Waals surface area contributed by atoms with Crippen LogP contribution in [0.5, 0.6) is 0 Å². The highest BCUT2D eigenvalue weighted by Crippen LogP contribution is 2.54. The van der Waals surface area contributed by atoms with Gasteiger partial charge in [0.15, 0.2) is 0 Å². The summed E-state index contributed by atoms with van der Waals surface area (Å²) in [5, 5.41) is 13.7. The van der Waals surface area contributed by atoms with Crippen molar-refractivity contribution in [3.63, 3.8) is 0 Å². The van der Waals surface area contributed by atoms with Gasteiger partial charge in [-0.3, -0.25) is 9.59 Å². The summed E-state index contributed by atoms with van der Waals surface area (Å²) in [5.41, 5.74) is 4.25. The van der Waals surface area contributed by atoms with Crippen molar-refractivity contribution in [1.29, 1.82) is 0 Å². The number of alkyl carbamates (subject to hydrolysis) is 1. The van der Waals surface area contributed by atoms with E-state index in [1.54, 1.807) is 19.0 Å². The molecule has 0 aromatic heterocycles. The summed E-state index contributed by atoms with van der Waals surface area (Å²) < 4.78 is 32.7. The van der Waals surface area contributed by atoms with E-state index in [4.69, 9.17) is 9.84 Å². The summed E-state index contributed by atoms with van der Waals surface area (Å²) in [5.74, 6) is -9.10. The van der Waals surface area contributed by atoms with Crippen LogP contribution in [0.2, 0.25) is 0 Å². The van der Waals surface area contributed by atoms with Gasteiger partial charge in [0.1, 0.15) is 18.6 Å². The zero-order valence-electron chi connectivity index (χ0n) is 19.3. The summed E-state index contributed by atoms with van der Waals surface area (Å²) in [6.45, 7) is -0.344.